The molecule has 3 rings (SSSR count). The van der Waals surface area contributed by atoms with Gasteiger partial charge in [0.2, 0.25) is 0 Å². The van der Waals surface area contributed by atoms with Gasteiger partial charge in [-0.15, -0.1) is 0 Å². The van der Waals surface area contributed by atoms with E-state index in [2.05, 4.69) is 0 Å². The topological polar surface area (TPSA) is 80.5 Å². The zero-order chi connectivity index (χ0) is 14.3. The summed E-state index contributed by atoms with van der Waals surface area (Å²) in [6.45, 7) is 0.0523. The van der Waals surface area contributed by atoms with E-state index in [4.69, 9.17) is 0 Å². The maximum absolute atomic E-state index is 12.1. The minimum absolute atomic E-state index is 0.00314. The monoisotopic (exact) mass is 288 g/mol. The second kappa shape index (κ2) is 4.53. The van der Waals surface area contributed by atoms with Crippen LogP contribution >= 0.6 is 11.3 Å². The van der Waals surface area contributed by atoms with E-state index in [9.17, 15) is 19.7 Å². The molecule has 2 heterocycles. The Morgan fingerprint density at radius 2 is 1.75 bits per heavy atom. The zero-order valence-electron chi connectivity index (χ0n) is 10.1. The lowest BCUT2D eigenvalue weighted by Crippen LogP contribution is -2.28. The Labute approximate surface area is 117 Å². The molecule has 0 saturated heterocycles. The van der Waals surface area contributed by atoms with Crippen molar-refractivity contribution in [1.29, 1.82) is 0 Å². The van der Waals surface area contributed by atoms with Crippen molar-refractivity contribution in [2.45, 2.75) is 6.54 Å². The normalized spacial score (nSPS) is 13.7. The third-order valence-corrected chi connectivity index (χ3v) is 3.97. The van der Waals surface area contributed by atoms with E-state index in [0.29, 0.717) is 16.7 Å². The van der Waals surface area contributed by atoms with Crippen molar-refractivity contribution in [3.63, 3.8) is 0 Å². The van der Waals surface area contributed by atoms with Crippen LogP contribution in [0.3, 0.4) is 0 Å². The summed E-state index contributed by atoms with van der Waals surface area (Å²) >= 11 is 0.979. The minimum atomic E-state index is -0.490. The molecule has 20 heavy (non-hydrogen) atoms. The number of carbonyl (C=O) groups excluding carboxylic acids is 2. The number of amides is 2. The molecule has 0 fully saturated rings. The second-order valence-electron chi connectivity index (χ2n) is 4.29. The fourth-order valence-electron chi connectivity index (χ4n) is 2.11. The van der Waals surface area contributed by atoms with Crippen molar-refractivity contribution in [2.24, 2.45) is 0 Å². The molecule has 7 heteroatoms. The van der Waals surface area contributed by atoms with Crippen LogP contribution in [0.5, 0.6) is 0 Å². The van der Waals surface area contributed by atoms with Gasteiger partial charge in [0, 0.05) is 11.4 Å². The predicted octanol–water partition coefficient (Wildman–Crippen LogP) is 2.45. The number of hydrogen-bond acceptors (Lipinski definition) is 5. The van der Waals surface area contributed by atoms with Gasteiger partial charge in [-0.3, -0.25) is 24.6 Å². The van der Waals surface area contributed by atoms with Gasteiger partial charge in [0.25, 0.3) is 11.8 Å². The summed E-state index contributed by atoms with van der Waals surface area (Å²) in [5.41, 5.74) is 1.33. The van der Waals surface area contributed by atoms with Gasteiger partial charge >= 0.3 is 5.00 Å². The molecule has 2 amide bonds. The molecule has 100 valence electrons. The van der Waals surface area contributed by atoms with Crippen LogP contribution in [-0.2, 0) is 6.54 Å². The quantitative estimate of drug-likeness (QED) is 0.493. The molecule has 0 unspecified atom stereocenters. The van der Waals surface area contributed by atoms with E-state index in [1.54, 1.807) is 29.6 Å². The summed E-state index contributed by atoms with van der Waals surface area (Å²) in [7, 11) is 0. The van der Waals surface area contributed by atoms with Crippen LogP contribution < -0.4 is 0 Å². The number of nitrogens with zero attached hydrogens (tertiary/aromatic N) is 2. The molecule has 0 atom stereocenters. The van der Waals surface area contributed by atoms with Crippen LogP contribution in [0, 0.1) is 10.1 Å². The molecule has 0 bridgehead atoms. The van der Waals surface area contributed by atoms with Crippen molar-refractivity contribution in [3.05, 3.63) is 62.5 Å². The lowest BCUT2D eigenvalue weighted by Gasteiger charge is -2.11. The van der Waals surface area contributed by atoms with Crippen LogP contribution in [0.1, 0.15) is 26.3 Å². The standard InChI is InChI=1S/C13H8N2O4S/c16-12-9-3-1-2-4-10(9)13(17)14(12)6-8-5-11(15(18)19)20-7-8/h1-5,7H,6H2. The Morgan fingerprint density at radius 1 is 1.15 bits per heavy atom. The molecule has 6 nitrogen and oxygen atoms in total. The number of fused-ring (bicyclic) bond motifs is 1. The highest BCUT2D eigenvalue weighted by Crippen LogP contribution is 2.27. The lowest BCUT2D eigenvalue weighted by molar-refractivity contribution is -0.380. The lowest BCUT2D eigenvalue weighted by atomic mass is 10.1. The molecule has 0 radical (unpaired) electrons. The van der Waals surface area contributed by atoms with Gasteiger partial charge < -0.3 is 0 Å². The number of benzene rings is 1. The number of thiophene rings is 1. The Bertz CT molecular complexity index is 702. The summed E-state index contributed by atoms with van der Waals surface area (Å²) in [6, 6.07) is 7.98. The van der Waals surface area contributed by atoms with E-state index >= 15 is 0 Å². The van der Waals surface area contributed by atoms with Crippen LogP contribution in [0.15, 0.2) is 35.7 Å². The summed E-state index contributed by atoms with van der Waals surface area (Å²) in [6.07, 6.45) is 0. The van der Waals surface area contributed by atoms with Gasteiger partial charge in [-0.25, -0.2) is 0 Å². The van der Waals surface area contributed by atoms with Crippen molar-refractivity contribution in [3.8, 4) is 0 Å². The maximum atomic E-state index is 12.1. The highest BCUT2D eigenvalue weighted by molar-refractivity contribution is 7.13. The SMILES string of the molecule is O=C1c2ccccc2C(=O)N1Cc1csc([N+](=O)[O-])c1. The first-order valence-electron chi connectivity index (χ1n) is 5.75. The third kappa shape index (κ3) is 1.88. The Hall–Kier alpha value is -2.54. The van der Waals surface area contributed by atoms with Crippen molar-refractivity contribution in [1.82, 2.24) is 4.90 Å². The number of imide groups is 1. The van der Waals surface area contributed by atoms with Crippen LogP contribution in [0.2, 0.25) is 0 Å². The maximum Gasteiger partial charge on any atom is 0.324 e. The van der Waals surface area contributed by atoms with Crippen LogP contribution in [0.25, 0.3) is 0 Å². The summed E-state index contributed by atoms with van der Waals surface area (Å²) in [4.78, 5) is 35.5. The molecule has 2 aromatic rings. The Kier molecular flexibility index (Phi) is 2.83. The first-order chi connectivity index (χ1) is 9.58. The van der Waals surface area contributed by atoms with Gasteiger partial charge in [0.15, 0.2) is 0 Å². The molecule has 1 aromatic carbocycles. The first kappa shape index (κ1) is 12.5. The number of rotatable bonds is 3. The van der Waals surface area contributed by atoms with Gasteiger partial charge in [-0.1, -0.05) is 23.5 Å². The highest BCUT2D eigenvalue weighted by atomic mass is 32.1. The second-order valence-corrected chi connectivity index (χ2v) is 5.18. The molecule has 0 saturated carbocycles. The number of hydrogen-bond donors (Lipinski definition) is 0. The molecular formula is C13H8N2O4S. The minimum Gasteiger partial charge on any atom is -0.270 e. The molecule has 1 aliphatic rings. The summed E-state index contributed by atoms with van der Waals surface area (Å²) in [5, 5.41) is 12.2. The van der Waals surface area contributed by atoms with E-state index < -0.39 is 4.92 Å². The van der Waals surface area contributed by atoms with Gasteiger partial charge in [0.05, 0.1) is 22.6 Å². The Morgan fingerprint density at radius 3 is 2.25 bits per heavy atom. The highest BCUT2D eigenvalue weighted by Gasteiger charge is 2.35. The summed E-state index contributed by atoms with van der Waals surface area (Å²) < 4.78 is 0. The van der Waals surface area contributed by atoms with E-state index in [-0.39, 0.29) is 23.4 Å². The van der Waals surface area contributed by atoms with Gasteiger partial charge in [-0.05, 0) is 17.7 Å². The number of nitro groups is 1. The summed E-state index contributed by atoms with van der Waals surface area (Å²) in [5.74, 6) is -0.723. The van der Waals surface area contributed by atoms with E-state index in [1.807, 2.05) is 0 Å². The average Bonchev–Trinajstić information content (AvgIpc) is 3.00. The van der Waals surface area contributed by atoms with Gasteiger partial charge in [-0.2, -0.15) is 0 Å². The predicted molar refractivity (Wildman–Crippen MR) is 71.6 cm³/mol. The molecule has 0 aliphatic carbocycles. The van der Waals surface area contributed by atoms with Crippen LogP contribution in [0.4, 0.5) is 5.00 Å². The van der Waals surface area contributed by atoms with E-state index in [1.165, 1.54) is 6.07 Å². The average molecular weight is 288 g/mol. The molecule has 1 aliphatic heterocycles. The fraction of sp³-hybridized carbons (Fsp3) is 0.0769. The molecule has 0 N–H and O–H groups in total. The smallest absolute Gasteiger partial charge is 0.270 e. The number of carbonyl (C=O) groups is 2. The van der Waals surface area contributed by atoms with Gasteiger partial charge in [0.1, 0.15) is 0 Å². The van der Waals surface area contributed by atoms with Crippen molar-refractivity contribution < 1.29 is 14.5 Å². The van der Waals surface area contributed by atoms with Crippen molar-refractivity contribution >= 4 is 28.2 Å². The van der Waals surface area contributed by atoms with Crippen LogP contribution in [-0.4, -0.2) is 21.6 Å². The third-order valence-electron chi connectivity index (χ3n) is 3.04. The largest absolute Gasteiger partial charge is 0.324 e. The van der Waals surface area contributed by atoms with Crippen molar-refractivity contribution in [2.75, 3.05) is 0 Å². The molecular weight excluding hydrogens is 280 g/mol. The Balaban J connectivity index is 1.87. The van der Waals surface area contributed by atoms with E-state index in [0.717, 1.165) is 16.2 Å². The molecule has 1 aromatic heterocycles. The fourth-order valence-corrected chi connectivity index (χ4v) is 2.83. The first-order valence-corrected chi connectivity index (χ1v) is 6.63. The molecule has 0 spiro atoms. The zero-order valence-corrected chi connectivity index (χ0v) is 10.9.